The number of halogens is 3. The molecule has 9 nitrogen and oxygen atoms in total. The molecule has 0 saturated carbocycles. The van der Waals surface area contributed by atoms with Crippen LogP contribution in [0.2, 0.25) is 0 Å². The van der Waals surface area contributed by atoms with Crippen molar-refractivity contribution in [2.45, 2.75) is 23.4 Å². The zero-order valence-corrected chi connectivity index (χ0v) is 17.5. The van der Waals surface area contributed by atoms with Crippen molar-refractivity contribution in [1.82, 2.24) is 14.9 Å². The number of carbonyl (C=O) groups is 2. The molecule has 0 radical (unpaired) electrons. The summed E-state index contributed by atoms with van der Waals surface area (Å²) >= 11 is 1.94. The first kappa shape index (κ1) is 24.0. The van der Waals surface area contributed by atoms with Crippen molar-refractivity contribution in [2.24, 2.45) is 0 Å². The molecule has 2 saturated heterocycles. The van der Waals surface area contributed by atoms with Crippen LogP contribution in [0.15, 0.2) is 12.4 Å². The SMILES string of the molecule is COc1cc(N2CC3(CC(OCC(=O)N(C)C)CS3)C2)ncn1.O=C(O)C(F)(F)F. The summed E-state index contributed by atoms with van der Waals surface area (Å²) in [5, 5.41) is 7.12. The van der Waals surface area contributed by atoms with Crippen molar-refractivity contribution in [3.63, 3.8) is 0 Å². The standard InChI is InChI=1S/C15H22N4O3S.C2HF3O2/c1-18(2)14(20)6-22-11-5-15(23-7-11)8-19(9-15)12-4-13(21-3)17-10-16-12;3-2(4,5)1(6)7/h4,10-11H,5-9H2,1-3H3;(H,6,7). The maximum absolute atomic E-state index is 11.6. The lowest BCUT2D eigenvalue weighted by Gasteiger charge is -2.48. The number of anilines is 1. The minimum Gasteiger partial charge on any atom is -0.481 e. The highest BCUT2D eigenvalue weighted by Crippen LogP contribution is 2.47. The average Bonchev–Trinajstić information content (AvgIpc) is 3.09. The van der Waals surface area contributed by atoms with Crippen LogP contribution in [-0.4, -0.2) is 95.5 Å². The Hall–Kier alpha value is -2.28. The molecule has 3 rings (SSSR count). The van der Waals surface area contributed by atoms with Crippen LogP contribution in [0.25, 0.3) is 0 Å². The second-order valence-corrected chi connectivity index (χ2v) is 8.48. The lowest BCUT2D eigenvalue weighted by Crippen LogP contribution is -2.59. The van der Waals surface area contributed by atoms with Gasteiger partial charge in [-0.1, -0.05) is 0 Å². The van der Waals surface area contributed by atoms with Crippen molar-refractivity contribution < 1.29 is 37.3 Å². The minimum absolute atomic E-state index is 0.0132. The maximum atomic E-state index is 11.6. The molecule has 0 aromatic carbocycles. The summed E-state index contributed by atoms with van der Waals surface area (Å²) in [5.74, 6) is -0.317. The lowest BCUT2D eigenvalue weighted by molar-refractivity contribution is -0.192. The molecule has 1 aromatic rings. The normalized spacial score (nSPS) is 19.5. The molecule has 2 fully saturated rings. The number of aromatic nitrogens is 2. The Balaban J connectivity index is 0.000000396. The molecule has 2 aliphatic heterocycles. The van der Waals surface area contributed by atoms with Gasteiger partial charge in [-0.15, -0.1) is 11.8 Å². The van der Waals surface area contributed by atoms with Crippen molar-refractivity contribution in [3.8, 4) is 5.88 Å². The Morgan fingerprint density at radius 2 is 2.00 bits per heavy atom. The predicted molar refractivity (Wildman–Crippen MR) is 103 cm³/mol. The van der Waals surface area contributed by atoms with Gasteiger partial charge in [-0.25, -0.2) is 14.8 Å². The monoisotopic (exact) mass is 452 g/mol. The molecule has 30 heavy (non-hydrogen) atoms. The molecule has 1 aromatic heterocycles. The third-order valence-electron chi connectivity index (χ3n) is 4.48. The van der Waals surface area contributed by atoms with Crippen LogP contribution in [-0.2, 0) is 14.3 Å². The number of hydrogen-bond acceptors (Lipinski definition) is 8. The summed E-state index contributed by atoms with van der Waals surface area (Å²) in [5.41, 5.74) is 0. The molecule has 168 valence electrons. The molecule has 1 atom stereocenters. The van der Waals surface area contributed by atoms with Gasteiger partial charge < -0.3 is 24.4 Å². The fraction of sp³-hybridized carbons (Fsp3) is 0.647. The van der Waals surface area contributed by atoms with Crippen LogP contribution in [0, 0.1) is 0 Å². The highest BCUT2D eigenvalue weighted by atomic mass is 32.2. The molecule has 1 unspecified atom stereocenters. The summed E-state index contributed by atoms with van der Waals surface area (Å²) in [6.45, 7) is 2.06. The van der Waals surface area contributed by atoms with Crippen molar-refractivity contribution in [3.05, 3.63) is 12.4 Å². The average molecular weight is 452 g/mol. The number of alkyl halides is 3. The van der Waals surface area contributed by atoms with Gasteiger partial charge in [-0.3, -0.25) is 4.79 Å². The van der Waals surface area contributed by atoms with E-state index in [4.69, 9.17) is 19.4 Å². The van der Waals surface area contributed by atoms with E-state index in [1.807, 2.05) is 17.8 Å². The number of carbonyl (C=O) groups excluding carboxylic acids is 1. The van der Waals surface area contributed by atoms with Crippen LogP contribution in [0.1, 0.15) is 6.42 Å². The number of methoxy groups -OCH3 is 1. The van der Waals surface area contributed by atoms with Gasteiger partial charge in [-0.2, -0.15) is 13.2 Å². The number of ether oxygens (including phenoxy) is 2. The maximum Gasteiger partial charge on any atom is 0.490 e. The van der Waals surface area contributed by atoms with Crippen molar-refractivity contribution in [1.29, 1.82) is 0 Å². The number of nitrogens with zero attached hydrogens (tertiary/aromatic N) is 4. The van der Waals surface area contributed by atoms with Gasteiger partial charge in [0.1, 0.15) is 18.8 Å². The first-order chi connectivity index (χ1) is 14.0. The Morgan fingerprint density at radius 1 is 1.37 bits per heavy atom. The zero-order chi connectivity index (χ0) is 22.5. The number of aliphatic carboxylic acids is 1. The number of amides is 1. The fourth-order valence-electron chi connectivity index (χ4n) is 2.87. The highest BCUT2D eigenvalue weighted by molar-refractivity contribution is 8.01. The van der Waals surface area contributed by atoms with E-state index in [0.717, 1.165) is 31.1 Å². The fourth-order valence-corrected chi connectivity index (χ4v) is 4.43. The topological polar surface area (TPSA) is 105 Å². The van der Waals surface area contributed by atoms with Gasteiger partial charge in [0, 0.05) is 39.0 Å². The van der Waals surface area contributed by atoms with Gasteiger partial charge in [0.15, 0.2) is 0 Å². The Bertz CT molecular complexity index is 759. The molecule has 1 amide bonds. The van der Waals surface area contributed by atoms with Crippen LogP contribution in [0.5, 0.6) is 5.88 Å². The van der Waals surface area contributed by atoms with E-state index in [0.29, 0.717) is 5.88 Å². The highest BCUT2D eigenvalue weighted by Gasteiger charge is 2.50. The second-order valence-electron chi connectivity index (χ2n) is 7.00. The number of carboxylic acids is 1. The summed E-state index contributed by atoms with van der Waals surface area (Å²) in [4.78, 5) is 32.6. The summed E-state index contributed by atoms with van der Waals surface area (Å²) < 4.78 is 42.9. The zero-order valence-electron chi connectivity index (χ0n) is 16.7. The Kier molecular flexibility index (Phi) is 7.75. The van der Waals surface area contributed by atoms with Gasteiger partial charge in [0.25, 0.3) is 0 Å². The number of carboxylic acid groups (broad SMARTS) is 1. The van der Waals surface area contributed by atoms with Crippen LogP contribution in [0.4, 0.5) is 19.0 Å². The number of rotatable bonds is 5. The minimum atomic E-state index is -5.08. The second kappa shape index (κ2) is 9.69. The molecular weight excluding hydrogens is 429 g/mol. The molecule has 1 N–H and O–H groups in total. The largest absolute Gasteiger partial charge is 0.490 e. The van der Waals surface area contributed by atoms with Gasteiger partial charge in [0.05, 0.1) is 18.0 Å². The third-order valence-corrected chi connectivity index (χ3v) is 6.05. The molecule has 3 heterocycles. The van der Waals surface area contributed by atoms with E-state index < -0.39 is 12.1 Å². The van der Waals surface area contributed by atoms with Crippen molar-refractivity contribution in [2.75, 3.05) is 51.6 Å². The molecule has 0 aliphatic carbocycles. The number of thioether (sulfide) groups is 1. The molecule has 0 bridgehead atoms. The molecule has 2 aliphatic rings. The van der Waals surface area contributed by atoms with Crippen LogP contribution in [0.3, 0.4) is 0 Å². The first-order valence-electron chi connectivity index (χ1n) is 8.82. The van der Waals surface area contributed by atoms with E-state index in [1.54, 1.807) is 26.1 Å². The van der Waals surface area contributed by atoms with E-state index >= 15 is 0 Å². The first-order valence-corrected chi connectivity index (χ1v) is 9.81. The number of likely N-dealkylation sites (N-methyl/N-ethyl adjacent to an activating group) is 1. The van der Waals surface area contributed by atoms with Crippen LogP contribution >= 0.6 is 11.8 Å². The summed E-state index contributed by atoms with van der Waals surface area (Å²) in [7, 11) is 5.10. The molecule has 13 heteroatoms. The van der Waals surface area contributed by atoms with E-state index in [-0.39, 0.29) is 23.4 Å². The predicted octanol–water partition coefficient (Wildman–Crippen LogP) is 1.29. The lowest BCUT2D eigenvalue weighted by atomic mass is 9.93. The quantitative estimate of drug-likeness (QED) is 0.707. The third kappa shape index (κ3) is 6.36. The van der Waals surface area contributed by atoms with Gasteiger partial charge in [0.2, 0.25) is 11.8 Å². The summed E-state index contributed by atoms with van der Waals surface area (Å²) in [6.07, 6.45) is -2.41. The van der Waals surface area contributed by atoms with E-state index in [1.165, 1.54) is 6.33 Å². The number of hydrogen-bond donors (Lipinski definition) is 1. The van der Waals surface area contributed by atoms with Crippen molar-refractivity contribution >= 4 is 29.5 Å². The van der Waals surface area contributed by atoms with Crippen LogP contribution < -0.4 is 9.64 Å². The smallest absolute Gasteiger partial charge is 0.481 e. The Labute approximate surface area is 175 Å². The summed E-state index contributed by atoms with van der Waals surface area (Å²) in [6, 6.07) is 1.86. The Morgan fingerprint density at radius 3 is 2.53 bits per heavy atom. The molecular formula is C17H23F3N4O5S. The van der Waals surface area contributed by atoms with E-state index in [9.17, 15) is 18.0 Å². The molecule has 1 spiro atoms. The van der Waals surface area contributed by atoms with Gasteiger partial charge >= 0.3 is 12.1 Å². The van der Waals surface area contributed by atoms with Gasteiger partial charge in [-0.05, 0) is 6.42 Å². The van der Waals surface area contributed by atoms with E-state index in [2.05, 4.69) is 14.9 Å².